The first-order valence-corrected chi connectivity index (χ1v) is 16.3. The number of primary amides is 1. The molecule has 2 rings (SSSR count). The molecule has 0 saturated carbocycles. The summed E-state index contributed by atoms with van der Waals surface area (Å²) in [6.07, 6.45) is 2.16. The Kier molecular flexibility index (Phi) is 15.5. The lowest BCUT2D eigenvalue weighted by Gasteiger charge is -2.29. The lowest BCUT2D eigenvalue weighted by molar-refractivity contribution is -0.138. The van der Waals surface area contributed by atoms with Crippen LogP contribution < -0.4 is 27.0 Å². The summed E-state index contributed by atoms with van der Waals surface area (Å²) in [5.41, 5.74) is 6.28. The maximum atomic E-state index is 13.4. The number of aliphatic hydroxyl groups is 1. The second-order valence-corrected chi connectivity index (χ2v) is 12.2. The number of anilines is 1. The molecule has 0 bridgehead atoms. The van der Waals surface area contributed by atoms with E-state index in [1.54, 1.807) is 44.4 Å². The molecule has 0 aliphatic carbocycles. The zero-order chi connectivity index (χ0) is 34.2. The van der Waals surface area contributed by atoms with Gasteiger partial charge in [-0.05, 0) is 55.6 Å². The van der Waals surface area contributed by atoms with E-state index in [1.807, 2.05) is 0 Å². The van der Waals surface area contributed by atoms with Crippen molar-refractivity contribution in [3.63, 3.8) is 0 Å². The fourth-order valence-corrected chi connectivity index (χ4v) is 5.42. The van der Waals surface area contributed by atoms with Crippen molar-refractivity contribution in [2.45, 2.75) is 89.0 Å². The molecule has 45 heavy (non-hydrogen) atoms. The number of aliphatic hydroxyl groups excluding tert-OH is 1. The number of thioether (sulfide) groups is 1. The van der Waals surface area contributed by atoms with Gasteiger partial charge in [-0.1, -0.05) is 32.4 Å². The second-order valence-electron chi connectivity index (χ2n) is 11.1. The molecule has 1 fully saturated rings. The number of amides is 6. The van der Waals surface area contributed by atoms with Crippen molar-refractivity contribution >= 4 is 53.6 Å². The Labute approximate surface area is 269 Å². The van der Waals surface area contributed by atoms with Crippen LogP contribution in [0, 0.1) is 5.92 Å². The zero-order valence-corrected chi connectivity index (χ0v) is 26.8. The SMILES string of the molecule is [2H]C(=O)OCc1ccc(NC(O)[C@H](CCCNC(N)=O)NC(=O)[C@@H](NC(=O)CCCCCN2C(=O)CC(SC)C2=O)C(C)C)cc1. The van der Waals surface area contributed by atoms with Crippen LogP contribution in [0.1, 0.15) is 65.7 Å². The van der Waals surface area contributed by atoms with E-state index >= 15 is 0 Å². The molecule has 0 radical (unpaired) electrons. The molecule has 1 aliphatic rings. The highest BCUT2D eigenvalue weighted by atomic mass is 32.2. The molecule has 4 atom stereocenters. The summed E-state index contributed by atoms with van der Waals surface area (Å²) in [5.74, 6) is -1.40. The summed E-state index contributed by atoms with van der Waals surface area (Å²) >= 11 is 1.37. The van der Waals surface area contributed by atoms with E-state index in [0.717, 1.165) is 0 Å². The number of carbonyl (C=O) groups is 6. The topological polar surface area (TPSA) is 209 Å². The van der Waals surface area contributed by atoms with Crippen LogP contribution in [-0.4, -0.2) is 89.0 Å². The van der Waals surface area contributed by atoms with Crippen molar-refractivity contribution in [1.29, 1.82) is 0 Å². The Morgan fingerprint density at radius 3 is 2.47 bits per heavy atom. The van der Waals surface area contributed by atoms with Crippen LogP contribution in [0.3, 0.4) is 0 Å². The number of nitrogens with one attached hydrogen (secondary N) is 4. The first-order valence-electron chi connectivity index (χ1n) is 15.5. The first kappa shape index (κ1) is 35.6. The third-order valence-electron chi connectivity index (χ3n) is 7.30. The average Bonchev–Trinajstić information content (AvgIpc) is 3.28. The number of likely N-dealkylation sites (tertiary alicyclic amines) is 1. The number of nitrogens with zero attached hydrogens (tertiary/aromatic N) is 1. The smallest absolute Gasteiger partial charge is 0.312 e. The van der Waals surface area contributed by atoms with E-state index in [-0.39, 0.29) is 61.3 Å². The van der Waals surface area contributed by atoms with E-state index in [9.17, 15) is 33.9 Å². The number of urea groups is 1. The zero-order valence-electron chi connectivity index (χ0n) is 27.0. The van der Waals surface area contributed by atoms with Crippen LogP contribution in [0.15, 0.2) is 24.3 Å². The molecule has 250 valence electrons. The number of carbonyl (C=O) groups excluding carboxylic acids is 6. The minimum Gasteiger partial charge on any atom is -0.463 e. The Morgan fingerprint density at radius 1 is 1.16 bits per heavy atom. The van der Waals surface area contributed by atoms with Crippen molar-refractivity contribution in [3.05, 3.63) is 29.8 Å². The van der Waals surface area contributed by atoms with Crippen molar-refractivity contribution < 1.29 is 40.0 Å². The lowest BCUT2D eigenvalue weighted by Crippen LogP contribution is -2.55. The summed E-state index contributed by atoms with van der Waals surface area (Å²) < 4.78 is 11.5. The van der Waals surface area contributed by atoms with Gasteiger partial charge in [-0.15, -0.1) is 0 Å². The highest BCUT2D eigenvalue weighted by Crippen LogP contribution is 2.23. The third-order valence-corrected chi connectivity index (χ3v) is 8.24. The van der Waals surface area contributed by atoms with Gasteiger partial charge in [0.15, 0.2) is 1.37 Å². The third kappa shape index (κ3) is 13.0. The minimum absolute atomic E-state index is 0.0711. The maximum Gasteiger partial charge on any atom is 0.312 e. The van der Waals surface area contributed by atoms with Crippen molar-refractivity contribution in [1.82, 2.24) is 20.9 Å². The molecule has 1 heterocycles. The van der Waals surface area contributed by atoms with Crippen LogP contribution in [0.25, 0.3) is 0 Å². The molecular weight excluding hydrogens is 604 g/mol. The van der Waals surface area contributed by atoms with Crippen LogP contribution in [0.4, 0.5) is 10.5 Å². The molecule has 2 unspecified atom stereocenters. The Hall–Kier alpha value is -3.85. The molecule has 1 saturated heterocycles. The molecule has 15 heteroatoms. The van der Waals surface area contributed by atoms with Gasteiger partial charge in [-0.25, -0.2) is 4.79 Å². The highest BCUT2D eigenvalue weighted by Gasteiger charge is 2.37. The monoisotopic (exact) mass is 651 g/mol. The van der Waals surface area contributed by atoms with E-state index in [1.165, 1.54) is 16.7 Å². The fraction of sp³-hybridized carbons (Fsp3) is 0.600. The second kappa shape index (κ2) is 19.5. The van der Waals surface area contributed by atoms with Gasteiger partial charge in [-0.2, -0.15) is 11.8 Å². The summed E-state index contributed by atoms with van der Waals surface area (Å²) in [6.45, 7) is 4.05. The predicted molar refractivity (Wildman–Crippen MR) is 170 cm³/mol. The number of unbranched alkanes of at least 4 members (excludes halogenated alkanes) is 2. The molecule has 7 N–H and O–H groups in total. The number of hydrogen-bond acceptors (Lipinski definition) is 10. The first-order chi connectivity index (χ1) is 21.8. The number of rotatable bonds is 20. The highest BCUT2D eigenvalue weighted by molar-refractivity contribution is 8.00. The quantitative estimate of drug-likeness (QED) is 0.0514. The van der Waals surface area contributed by atoms with E-state index in [2.05, 4.69) is 26.0 Å². The summed E-state index contributed by atoms with van der Waals surface area (Å²) in [5, 5.41) is 21.7. The minimum atomic E-state index is -1.25. The average molecular weight is 652 g/mol. The lowest BCUT2D eigenvalue weighted by atomic mass is 10.0. The van der Waals surface area contributed by atoms with Crippen molar-refractivity contribution in [2.75, 3.05) is 24.7 Å². The molecular formula is C30H46N6O8S. The number of ether oxygens (including phenoxy) is 1. The number of benzene rings is 1. The van der Waals surface area contributed by atoms with Gasteiger partial charge in [0, 0.05) is 31.6 Å². The molecule has 1 aromatic carbocycles. The van der Waals surface area contributed by atoms with Crippen molar-refractivity contribution in [3.8, 4) is 0 Å². The van der Waals surface area contributed by atoms with Crippen molar-refractivity contribution in [2.24, 2.45) is 11.7 Å². The Morgan fingerprint density at radius 2 is 1.87 bits per heavy atom. The molecule has 14 nitrogen and oxygen atoms in total. The van der Waals surface area contributed by atoms with E-state index < -0.39 is 36.7 Å². The van der Waals surface area contributed by atoms with Gasteiger partial charge < -0.3 is 36.8 Å². The Balaban J connectivity index is 1.92. The number of hydrogen-bond donors (Lipinski definition) is 6. The maximum absolute atomic E-state index is 13.4. The van der Waals surface area contributed by atoms with Crippen LogP contribution in [0.2, 0.25) is 0 Å². The van der Waals surface area contributed by atoms with Gasteiger partial charge >= 0.3 is 6.03 Å². The standard InChI is InChI=1S/C30H46N6O8S/c1-19(2)26(35-24(38)9-5-4-6-15-36-25(39)16-23(45-3)29(36)42)28(41)34-22(8-7-14-32-30(31)43)27(40)33-21-12-10-20(11-13-21)17-44-18-37/h10-13,18-19,22-23,26-27,33,40H,4-9,14-17H2,1-3H3,(H,34,41)(H,35,38)(H3,31,32,43)/t22-,23?,26-,27?/m0/s1/i18D. The van der Waals surface area contributed by atoms with Crippen LogP contribution >= 0.6 is 11.8 Å². The van der Waals surface area contributed by atoms with Crippen LogP contribution in [0.5, 0.6) is 0 Å². The van der Waals surface area contributed by atoms with Gasteiger partial charge in [-0.3, -0.25) is 28.9 Å². The molecule has 6 amide bonds. The predicted octanol–water partition coefficient (Wildman–Crippen LogP) is 1.21. The van der Waals surface area contributed by atoms with E-state index in [4.69, 9.17) is 7.10 Å². The number of nitrogens with two attached hydrogens (primary N) is 1. The van der Waals surface area contributed by atoms with Crippen LogP contribution in [-0.2, 0) is 35.3 Å². The van der Waals surface area contributed by atoms with Gasteiger partial charge in [0.2, 0.25) is 23.6 Å². The molecule has 0 aromatic heterocycles. The molecule has 0 spiro atoms. The largest absolute Gasteiger partial charge is 0.463 e. The normalized spacial score (nSPS) is 16.9. The fourth-order valence-electron chi connectivity index (χ4n) is 4.78. The summed E-state index contributed by atoms with van der Waals surface area (Å²) in [7, 11) is 0. The summed E-state index contributed by atoms with van der Waals surface area (Å²) in [6, 6.07) is 4.20. The van der Waals surface area contributed by atoms with E-state index in [0.29, 0.717) is 43.5 Å². The number of imide groups is 1. The molecule has 1 aliphatic heterocycles. The van der Waals surface area contributed by atoms with Gasteiger partial charge in [0.1, 0.15) is 18.9 Å². The molecule has 1 aromatic rings. The summed E-state index contributed by atoms with van der Waals surface area (Å²) in [4.78, 5) is 73.5. The van der Waals surface area contributed by atoms with Gasteiger partial charge in [0.25, 0.3) is 6.45 Å². The van der Waals surface area contributed by atoms with Gasteiger partial charge in [0.05, 0.1) is 11.3 Å². The Bertz CT molecular complexity index is 1200.